The van der Waals surface area contributed by atoms with E-state index in [2.05, 4.69) is 10.6 Å². The Morgan fingerprint density at radius 2 is 1.58 bits per heavy atom. The van der Waals surface area contributed by atoms with Gasteiger partial charge in [0.05, 0.1) is 0 Å². The van der Waals surface area contributed by atoms with Gasteiger partial charge < -0.3 is 10.4 Å². The van der Waals surface area contributed by atoms with Crippen LogP contribution < -0.4 is 10.6 Å². The van der Waals surface area contributed by atoms with E-state index >= 15 is 0 Å². The summed E-state index contributed by atoms with van der Waals surface area (Å²) in [6, 6.07) is 0.0720. The van der Waals surface area contributed by atoms with Gasteiger partial charge in [-0.25, -0.2) is 0 Å². The third kappa shape index (κ3) is 1.76. The van der Waals surface area contributed by atoms with E-state index < -0.39 is 12.0 Å². The molecule has 12 heavy (non-hydrogen) atoms. The van der Waals surface area contributed by atoms with Gasteiger partial charge in [-0.05, 0) is 20.8 Å². The Morgan fingerprint density at radius 1 is 1.08 bits per heavy atom. The molecule has 0 unspecified atom stereocenters. The monoisotopic (exact) mass is 172 g/mol. The fourth-order valence-electron chi connectivity index (χ4n) is 1.51. The number of aliphatic carboxylic acids is 1. The third-order valence-corrected chi connectivity index (χ3v) is 2.48. The molecule has 0 aromatic heterocycles. The Kier molecular flexibility index (Phi) is 2.69. The average Bonchev–Trinajstić information content (AvgIpc) is 1.96. The largest absolute Gasteiger partial charge is 0.480 e. The van der Waals surface area contributed by atoms with Gasteiger partial charge >= 0.3 is 5.97 Å². The summed E-state index contributed by atoms with van der Waals surface area (Å²) < 4.78 is 0. The molecule has 0 aliphatic carbocycles. The summed E-state index contributed by atoms with van der Waals surface area (Å²) in [6.45, 7) is 5.92. The molecule has 3 N–H and O–H groups in total. The number of nitrogens with one attached hydrogen (secondary N) is 2. The number of rotatable bonds is 1. The maximum atomic E-state index is 10.7. The van der Waals surface area contributed by atoms with Crippen molar-refractivity contribution < 1.29 is 9.90 Å². The topological polar surface area (TPSA) is 61.4 Å². The maximum Gasteiger partial charge on any atom is 0.322 e. The van der Waals surface area contributed by atoms with E-state index in [0.717, 1.165) is 0 Å². The van der Waals surface area contributed by atoms with Crippen LogP contribution in [-0.2, 0) is 4.79 Å². The van der Waals surface area contributed by atoms with Crippen LogP contribution in [0.2, 0.25) is 0 Å². The first-order valence-corrected chi connectivity index (χ1v) is 4.27. The van der Waals surface area contributed by atoms with E-state index in [1.165, 1.54) is 0 Å². The molecule has 0 radical (unpaired) electrons. The molecule has 70 valence electrons. The first kappa shape index (κ1) is 9.48. The standard InChI is InChI=1S/C8H16N2O2/c1-4-5(2)10-7(8(11)12)6(3)9-4/h4-7,9-10H,1-3H3,(H,11,12)/t4-,5-,6+,7-/m0/s1. The first-order chi connectivity index (χ1) is 5.52. The van der Waals surface area contributed by atoms with Gasteiger partial charge in [0.2, 0.25) is 0 Å². The van der Waals surface area contributed by atoms with Crippen LogP contribution in [0.5, 0.6) is 0 Å². The molecule has 0 aromatic rings. The smallest absolute Gasteiger partial charge is 0.322 e. The Labute approximate surface area is 72.3 Å². The minimum atomic E-state index is -0.784. The Bertz CT molecular complexity index is 184. The number of piperazine rings is 1. The van der Waals surface area contributed by atoms with Crippen LogP contribution in [0.3, 0.4) is 0 Å². The summed E-state index contributed by atoms with van der Waals surface area (Å²) in [7, 11) is 0. The van der Waals surface area contributed by atoms with Crippen molar-refractivity contribution in [2.24, 2.45) is 0 Å². The minimum absolute atomic E-state index is 0.00583. The fourth-order valence-corrected chi connectivity index (χ4v) is 1.51. The normalized spacial score (nSPS) is 42.6. The van der Waals surface area contributed by atoms with Crippen molar-refractivity contribution in [3.8, 4) is 0 Å². The average molecular weight is 172 g/mol. The fraction of sp³-hybridized carbons (Fsp3) is 0.875. The summed E-state index contributed by atoms with van der Waals surface area (Å²) in [5.74, 6) is -0.784. The van der Waals surface area contributed by atoms with Gasteiger partial charge in [0, 0.05) is 18.1 Å². The first-order valence-electron chi connectivity index (χ1n) is 4.27. The number of hydrogen-bond acceptors (Lipinski definition) is 3. The molecule has 4 nitrogen and oxygen atoms in total. The predicted molar refractivity (Wildman–Crippen MR) is 46.1 cm³/mol. The number of carboxylic acids is 1. The van der Waals surface area contributed by atoms with Crippen LogP contribution in [0.15, 0.2) is 0 Å². The molecular formula is C8H16N2O2. The second kappa shape index (κ2) is 3.41. The Morgan fingerprint density at radius 3 is 2.08 bits per heavy atom. The highest BCUT2D eigenvalue weighted by atomic mass is 16.4. The van der Waals surface area contributed by atoms with Gasteiger partial charge in [0.1, 0.15) is 6.04 Å². The molecule has 1 rings (SSSR count). The quantitative estimate of drug-likeness (QED) is 0.512. The van der Waals surface area contributed by atoms with Gasteiger partial charge in [-0.2, -0.15) is 0 Å². The molecule has 4 atom stereocenters. The van der Waals surface area contributed by atoms with Crippen LogP contribution in [0.25, 0.3) is 0 Å². The van der Waals surface area contributed by atoms with Crippen LogP contribution in [0.1, 0.15) is 20.8 Å². The molecular weight excluding hydrogens is 156 g/mol. The molecule has 1 aliphatic heterocycles. The molecule has 1 fully saturated rings. The van der Waals surface area contributed by atoms with Crippen LogP contribution in [0.4, 0.5) is 0 Å². The van der Waals surface area contributed by atoms with Crippen molar-refractivity contribution in [2.45, 2.75) is 44.9 Å². The van der Waals surface area contributed by atoms with Gasteiger partial charge in [0.15, 0.2) is 0 Å². The molecule has 1 aliphatic rings. The van der Waals surface area contributed by atoms with Crippen molar-refractivity contribution in [1.29, 1.82) is 0 Å². The highest BCUT2D eigenvalue weighted by Crippen LogP contribution is 2.07. The van der Waals surface area contributed by atoms with Gasteiger partial charge in [-0.3, -0.25) is 10.1 Å². The molecule has 0 aromatic carbocycles. The lowest BCUT2D eigenvalue weighted by Crippen LogP contribution is -2.65. The van der Waals surface area contributed by atoms with Crippen LogP contribution in [-0.4, -0.2) is 35.2 Å². The van der Waals surface area contributed by atoms with Gasteiger partial charge in [0.25, 0.3) is 0 Å². The molecule has 0 amide bonds. The zero-order valence-electron chi connectivity index (χ0n) is 7.66. The summed E-state index contributed by atoms with van der Waals surface area (Å²) >= 11 is 0. The highest BCUT2D eigenvalue weighted by molar-refractivity contribution is 5.74. The molecule has 1 heterocycles. The molecule has 4 heteroatoms. The molecule has 0 bridgehead atoms. The van der Waals surface area contributed by atoms with E-state index in [-0.39, 0.29) is 12.1 Å². The van der Waals surface area contributed by atoms with E-state index in [1.807, 2.05) is 20.8 Å². The summed E-state index contributed by atoms with van der Waals surface area (Å²) in [6.07, 6.45) is 0. The van der Waals surface area contributed by atoms with Crippen molar-refractivity contribution in [3.05, 3.63) is 0 Å². The summed E-state index contributed by atoms with van der Waals surface area (Å²) in [4.78, 5) is 10.7. The third-order valence-electron chi connectivity index (χ3n) is 2.48. The van der Waals surface area contributed by atoms with Crippen molar-refractivity contribution in [3.63, 3.8) is 0 Å². The highest BCUT2D eigenvalue weighted by Gasteiger charge is 2.33. The van der Waals surface area contributed by atoms with Crippen molar-refractivity contribution >= 4 is 5.97 Å². The maximum absolute atomic E-state index is 10.7. The minimum Gasteiger partial charge on any atom is -0.480 e. The molecule has 0 saturated carbocycles. The zero-order chi connectivity index (χ0) is 9.30. The van der Waals surface area contributed by atoms with Gasteiger partial charge in [-0.1, -0.05) is 0 Å². The summed E-state index contributed by atoms with van der Waals surface area (Å²) in [5, 5.41) is 15.1. The van der Waals surface area contributed by atoms with Crippen LogP contribution >= 0.6 is 0 Å². The second-order valence-electron chi connectivity index (χ2n) is 3.52. The zero-order valence-corrected chi connectivity index (χ0v) is 7.66. The van der Waals surface area contributed by atoms with E-state index in [1.54, 1.807) is 0 Å². The van der Waals surface area contributed by atoms with E-state index in [0.29, 0.717) is 6.04 Å². The lowest BCUT2D eigenvalue weighted by atomic mass is 10.00. The van der Waals surface area contributed by atoms with Crippen molar-refractivity contribution in [2.75, 3.05) is 0 Å². The van der Waals surface area contributed by atoms with Gasteiger partial charge in [-0.15, -0.1) is 0 Å². The lowest BCUT2D eigenvalue weighted by Gasteiger charge is -2.37. The Hall–Kier alpha value is -0.610. The Balaban J connectivity index is 2.61. The SMILES string of the molecule is C[C@@H]1N[C@H](C(=O)O)[C@@H](C)N[C@H]1C. The number of carboxylic acid groups (broad SMARTS) is 1. The molecule has 1 saturated heterocycles. The lowest BCUT2D eigenvalue weighted by molar-refractivity contribution is -0.141. The number of carbonyl (C=O) groups is 1. The van der Waals surface area contributed by atoms with Crippen LogP contribution in [0, 0.1) is 0 Å². The summed E-state index contributed by atoms with van der Waals surface area (Å²) in [5.41, 5.74) is 0. The van der Waals surface area contributed by atoms with E-state index in [4.69, 9.17) is 5.11 Å². The van der Waals surface area contributed by atoms with Crippen molar-refractivity contribution in [1.82, 2.24) is 10.6 Å². The molecule has 0 spiro atoms. The number of hydrogen-bond donors (Lipinski definition) is 3. The van der Waals surface area contributed by atoms with E-state index in [9.17, 15) is 4.79 Å². The predicted octanol–water partition coefficient (Wildman–Crippen LogP) is -0.202. The second-order valence-corrected chi connectivity index (χ2v) is 3.52.